The molecule has 2 fully saturated rings. The first-order valence-corrected chi connectivity index (χ1v) is 8.98. The van der Waals surface area contributed by atoms with Gasteiger partial charge in [0.1, 0.15) is 0 Å². The van der Waals surface area contributed by atoms with E-state index < -0.39 is 0 Å². The van der Waals surface area contributed by atoms with Crippen molar-refractivity contribution in [1.29, 1.82) is 0 Å². The Hall–Kier alpha value is -0.850. The third-order valence-electron chi connectivity index (χ3n) is 4.95. The van der Waals surface area contributed by atoms with Gasteiger partial charge in [-0.25, -0.2) is 0 Å². The summed E-state index contributed by atoms with van der Waals surface area (Å²) in [5.74, 6) is 0.0518. The van der Waals surface area contributed by atoms with Crippen LogP contribution in [-0.2, 0) is 19.7 Å². The molecule has 0 radical (unpaired) electrons. The second-order valence-electron chi connectivity index (χ2n) is 6.58. The van der Waals surface area contributed by atoms with Crippen LogP contribution in [0.25, 0.3) is 0 Å². The standard InChI is InChI=1S/C18H25ClN2O3.ClH/c19-16-4-2-1-3-15(16)18(5-8-23-9-6-18)13-21-17(22)11-14-12-24-10-7-20-14;/h1-4,14,20H,5-13H2,(H,21,22);1H. The number of carbonyl (C=O) groups excluding carboxylic acids is 1. The summed E-state index contributed by atoms with van der Waals surface area (Å²) in [7, 11) is 0. The van der Waals surface area contributed by atoms with Gasteiger partial charge in [-0.1, -0.05) is 29.8 Å². The first kappa shape index (κ1) is 20.5. The molecule has 0 aliphatic carbocycles. The first-order chi connectivity index (χ1) is 11.7. The number of halogens is 2. The molecule has 1 aromatic rings. The molecule has 2 heterocycles. The molecule has 0 bridgehead atoms. The van der Waals surface area contributed by atoms with Crippen LogP contribution >= 0.6 is 24.0 Å². The lowest BCUT2D eigenvalue weighted by Crippen LogP contribution is -2.48. The van der Waals surface area contributed by atoms with Crippen molar-refractivity contribution in [2.24, 2.45) is 0 Å². The number of morpholine rings is 1. The number of ether oxygens (including phenoxy) is 2. The van der Waals surface area contributed by atoms with E-state index in [1.165, 1.54) is 0 Å². The molecule has 0 aromatic heterocycles. The van der Waals surface area contributed by atoms with Gasteiger partial charge in [0.05, 0.1) is 13.2 Å². The molecule has 140 valence electrons. The van der Waals surface area contributed by atoms with Gasteiger partial charge < -0.3 is 20.1 Å². The van der Waals surface area contributed by atoms with Crippen molar-refractivity contribution < 1.29 is 14.3 Å². The van der Waals surface area contributed by atoms with Gasteiger partial charge in [0.25, 0.3) is 0 Å². The molecule has 0 saturated carbocycles. The molecular formula is C18H26Cl2N2O3. The molecule has 2 aliphatic heterocycles. The monoisotopic (exact) mass is 388 g/mol. The zero-order valence-corrected chi connectivity index (χ0v) is 15.8. The first-order valence-electron chi connectivity index (χ1n) is 8.60. The number of rotatable bonds is 5. The van der Waals surface area contributed by atoms with Gasteiger partial charge in [-0.3, -0.25) is 4.79 Å². The highest BCUT2D eigenvalue weighted by molar-refractivity contribution is 6.31. The Morgan fingerprint density at radius 3 is 2.68 bits per heavy atom. The van der Waals surface area contributed by atoms with E-state index in [2.05, 4.69) is 16.7 Å². The van der Waals surface area contributed by atoms with Gasteiger partial charge in [0.2, 0.25) is 5.91 Å². The van der Waals surface area contributed by atoms with Crippen LogP contribution in [0.4, 0.5) is 0 Å². The highest BCUT2D eigenvalue weighted by atomic mass is 35.5. The molecule has 1 atom stereocenters. The van der Waals surface area contributed by atoms with Crippen LogP contribution in [0.5, 0.6) is 0 Å². The Morgan fingerprint density at radius 1 is 1.24 bits per heavy atom. The minimum atomic E-state index is -0.150. The van der Waals surface area contributed by atoms with Crippen LogP contribution in [0.3, 0.4) is 0 Å². The van der Waals surface area contributed by atoms with Crippen LogP contribution in [-0.4, -0.2) is 51.5 Å². The maximum absolute atomic E-state index is 12.3. The van der Waals surface area contributed by atoms with Crippen molar-refractivity contribution in [1.82, 2.24) is 10.6 Å². The number of nitrogens with one attached hydrogen (secondary N) is 2. The van der Waals surface area contributed by atoms with Crippen molar-refractivity contribution in [3.05, 3.63) is 34.9 Å². The lowest BCUT2D eigenvalue weighted by Gasteiger charge is -2.38. The highest BCUT2D eigenvalue weighted by Gasteiger charge is 2.36. The van der Waals surface area contributed by atoms with Crippen molar-refractivity contribution in [3.63, 3.8) is 0 Å². The summed E-state index contributed by atoms with van der Waals surface area (Å²) in [5, 5.41) is 7.19. The average molecular weight is 389 g/mol. The minimum Gasteiger partial charge on any atom is -0.381 e. The largest absolute Gasteiger partial charge is 0.381 e. The Balaban J connectivity index is 0.00000225. The summed E-state index contributed by atoms with van der Waals surface area (Å²) in [6.07, 6.45) is 2.17. The van der Waals surface area contributed by atoms with Gasteiger partial charge in [-0.2, -0.15) is 0 Å². The fourth-order valence-electron chi connectivity index (χ4n) is 3.51. The van der Waals surface area contributed by atoms with Crippen molar-refractivity contribution >= 4 is 29.9 Å². The third kappa shape index (κ3) is 5.31. The van der Waals surface area contributed by atoms with Gasteiger partial charge >= 0.3 is 0 Å². The number of hydrogen-bond acceptors (Lipinski definition) is 4. The molecule has 1 unspecified atom stereocenters. The van der Waals surface area contributed by atoms with Crippen molar-refractivity contribution in [3.8, 4) is 0 Å². The van der Waals surface area contributed by atoms with E-state index >= 15 is 0 Å². The second kappa shape index (κ2) is 9.74. The molecule has 3 rings (SSSR count). The topological polar surface area (TPSA) is 59.6 Å². The van der Waals surface area contributed by atoms with E-state index in [0.717, 1.165) is 30.0 Å². The zero-order chi connectivity index (χ0) is 16.8. The number of amides is 1. The molecular weight excluding hydrogens is 363 g/mol. The molecule has 2 aliphatic rings. The Bertz CT molecular complexity index is 559. The van der Waals surface area contributed by atoms with E-state index in [9.17, 15) is 4.79 Å². The third-order valence-corrected chi connectivity index (χ3v) is 5.28. The van der Waals surface area contributed by atoms with Gasteiger partial charge in [-0.15, -0.1) is 12.4 Å². The maximum atomic E-state index is 12.3. The molecule has 25 heavy (non-hydrogen) atoms. The second-order valence-corrected chi connectivity index (χ2v) is 6.99. The lowest BCUT2D eigenvalue weighted by molar-refractivity contribution is -0.122. The molecule has 1 aromatic carbocycles. The number of hydrogen-bond donors (Lipinski definition) is 2. The van der Waals surface area contributed by atoms with Crippen LogP contribution in [0.1, 0.15) is 24.8 Å². The Morgan fingerprint density at radius 2 is 2.00 bits per heavy atom. The predicted molar refractivity (Wildman–Crippen MR) is 101 cm³/mol. The van der Waals surface area contributed by atoms with E-state index in [1.54, 1.807) is 0 Å². The summed E-state index contributed by atoms with van der Waals surface area (Å²) >= 11 is 6.44. The predicted octanol–water partition coefficient (Wildman–Crippen LogP) is 2.30. The molecule has 7 heteroatoms. The van der Waals surface area contributed by atoms with E-state index in [1.807, 2.05) is 18.2 Å². The summed E-state index contributed by atoms with van der Waals surface area (Å²) in [5.41, 5.74) is 0.956. The smallest absolute Gasteiger partial charge is 0.221 e. The zero-order valence-electron chi connectivity index (χ0n) is 14.3. The van der Waals surface area contributed by atoms with Gasteiger partial charge in [-0.05, 0) is 24.5 Å². The normalized spacial score (nSPS) is 22.7. The average Bonchev–Trinajstić information content (AvgIpc) is 2.62. The number of benzene rings is 1. The highest BCUT2D eigenvalue weighted by Crippen LogP contribution is 2.38. The Labute approximate surface area is 160 Å². The van der Waals surface area contributed by atoms with E-state index in [-0.39, 0.29) is 29.8 Å². The maximum Gasteiger partial charge on any atom is 0.221 e. The fraction of sp³-hybridized carbons (Fsp3) is 0.611. The van der Waals surface area contributed by atoms with E-state index in [4.69, 9.17) is 21.1 Å². The van der Waals surface area contributed by atoms with Crippen LogP contribution < -0.4 is 10.6 Å². The van der Waals surface area contributed by atoms with Gasteiger partial charge in [0, 0.05) is 49.2 Å². The lowest BCUT2D eigenvalue weighted by atomic mass is 9.74. The minimum absolute atomic E-state index is 0. The summed E-state index contributed by atoms with van der Waals surface area (Å²) in [6, 6.07) is 8.02. The fourth-order valence-corrected chi connectivity index (χ4v) is 3.85. The van der Waals surface area contributed by atoms with Crippen LogP contribution in [0.15, 0.2) is 24.3 Å². The van der Waals surface area contributed by atoms with Crippen LogP contribution in [0, 0.1) is 0 Å². The SMILES string of the molecule is Cl.O=C(CC1COCCN1)NCC1(c2ccccc2Cl)CCOCC1. The molecule has 2 saturated heterocycles. The van der Waals surface area contributed by atoms with Crippen LogP contribution in [0.2, 0.25) is 5.02 Å². The van der Waals surface area contributed by atoms with Crippen molar-refractivity contribution in [2.45, 2.75) is 30.7 Å². The molecule has 5 nitrogen and oxygen atoms in total. The van der Waals surface area contributed by atoms with Crippen molar-refractivity contribution in [2.75, 3.05) is 39.5 Å². The molecule has 2 N–H and O–H groups in total. The quantitative estimate of drug-likeness (QED) is 0.812. The Kier molecular flexibility index (Phi) is 7.97. The van der Waals surface area contributed by atoms with Gasteiger partial charge in [0.15, 0.2) is 0 Å². The molecule has 1 amide bonds. The molecule has 0 spiro atoms. The summed E-state index contributed by atoms with van der Waals surface area (Å²) in [6.45, 7) is 4.09. The number of carbonyl (C=O) groups is 1. The summed E-state index contributed by atoms with van der Waals surface area (Å²) < 4.78 is 10.9. The van der Waals surface area contributed by atoms with E-state index in [0.29, 0.717) is 39.4 Å². The summed E-state index contributed by atoms with van der Waals surface area (Å²) in [4.78, 5) is 12.3.